The molecule has 3 heteroatoms. The third-order valence-corrected chi connectivity index (χ3v) is 4.60. The van der Waals surface area contributed by atoms with E-state index in [9.17, 15) is 0 Å². The SMILES string of the molecule is COCCNCC1(CCSc2ccccc2)CC1. The standard InChI is InChI=1S/C15H23NOS/c1-17-11-10-16-13-15(7-8-15)9-12-18-14-5-3-2-4-6-14/h2-6,16H,7-13H2,1H3. The van der Waals surface area contributed by atoms with Gasteiger partial charge < -0.3 is 10.1 Å². The minimum atomic E-state index is 0.593. The van der Waals surface area contributed by atoms with Crippen molar-refractivity contribution in [1.82, 2.24) is 5.32 Å². The van der Waals surface area contributed by atoms with E-state index in [0.717, 1.165) is 19.7 Å². The third kappa shape index (κ3) is 4.63. The largest absolute Gasteiger partial charge is 0.383 e. The first-order valence-electron chi connectivity index (χ1n) is 6.72. The zero-order valence-electron chi connectivity index (χ0n) is 11.2. The summed E-state index contributed by atoms with van der Waals surface area (Å²) in [4.78, 5) is 1.39. The molecule has 0 aromatic heterocycles. The highest BCUT2D eigenvalue weighted by Gasteiger charge is 2.41. The second kappa shape index (κ2) is 7.17. The predicted molar refractivity (Wildman–Crippen MR) is 78.2 cm³/mol. The highest BCUT2D eigenvalue weighted by atomic mass is 32.2. The van der Waals surface area contributed by atoms with Gasteiger partial charge in [-0.15, -0.1) is 11.8 Å². The number of thioether (sulfide) groups is 1. The molecule has 0 bridgehead atoms. The molecule has 1 aliphatic rings. The predicted octanol–water partition coefficient (Wildman–Crippen LogP) is 3.19. The number of nitrogens with one attached hydrogen (secondary N) is 1. The molecule has 0 saturated heterocycles. The lowest BCUT2D eigenvalue weighted by atomic mass is 10.0. The smallest absolute Gasteiger partial charge is 0.0587 e. The minimum Gasteiger partial charge on any atom is -0.383 e. The maximum atomic E-state index is 5.05. The molecular weight excluding hydrogens is 242 g/mol. The molecule has 0 aliphatic heterocycles. The summed E-state index contributed by atoms with van der Waals surface area (Å²) in [7, 11) is 1.76. The normalized spacial score (nSPS) is 16.7. The first kappa shape index (κ1) is 13.9. The summed E-state index contributed by atoms with van der Waals surface area (Å²) in [6, 6.07) is 10.7. The summed E-state index contributed by atoms with van der Waals surface area (Å²) < 4.78 is 5.05. The van der Waals surface area contributed by atoms with Crippen molar-refractivity contribution in [1.29, 1.82) is 0 Å². The molecular formula is C15H23NOS. The summed E-state index contributed by atoms with van der Waals surface area (Å²) >= 11 is 1.98. The van der Waals surface area contributed by atoms with Gasteiger partial charge in [-0.1, -0.05) is 18.2 Å². The zero-order chi connectivity index (χ0) is 12.7. The molecule has 0 spiro atoms. The van der Waals surface area contributed by atoms with Gasteiger partial charge in [0.25, 0.3) is 0 Å². The van der Waals surface area contributed by atoms with Gasteiger partial charge in [-0.2, -0.15) is 0 Å². The van der Waals surface area contributed by atoms with Gasteiger partial charge in [0.1, 0.15) is 0 Å². The van der Waals surface area contributed by atoms with Gasteiger partial charge in [-0.3, -0.25) is 0 Å². The Kier molecular flexibility index (Phi) is 5.54. The van der Waals surface area contributed by atoms with E-state index < -0.39 is 0 Å². The first-order valence-corrected chi connectivity index (χ1v) is 7.71. The molecule has 2 rings (SSSR count). The fourth-order valence-corrected chi connectivity index (χ4v) is 3.24. The van der Waals surface area contributed by atoms with E-state index in [4.69, 9.17) is 4.74 Å². The van der Waals surface area contributed by atoms with Crippen molar-refractivity contribution in [3.63, 3.8) is 0 Å². The van der Waals surface area contributed by atoms with Crippen molar-refractivity contribution < 1.29 is 4.74 Å². The Morgan fingerprint density at radius 2 is 2.06 bits per heavy atom. The fourth-order valence-electron chi connectivity index (χ4n) is 2.12. The number of hydrogen-bond acceptors (Lipinski definition) is 3. The highest BCUT2D eigenvalue weighted by molar-refractivity contribution is 7.99. The lowest BCUT2D eigenvalue weighted by Gasteiger charge is -2.15. The molecule has 1 aromatic carbocycles. The molecule has 100 valence electrons. The van der Waals surface area contributed by atoms with E-state index in [-0.39, 0.29) is 0 Å². The average molecular weight is 265 g/mol. The van der Waals surface area contributed by atoms with Crippen LogP contribution in [0.15, 0.2) is 35.2 Å². The van der Waals surface area contributed by atoms with Crippen LogP contribution in [0.4, 0.5) is 0 Å². The molecule has 2 nitrogen and oxygen atoms in total. The Hall–Kier alpha value is -0.510. The molecule has 18 heavy (non-hydrogen) atoms. The molecule has 0 amide bonds. The quantitative estimate of drug-likeness (QED) is 0.547. The van der Waals surface area contributed by atoms with E-state index >= 15 is 0 Å². The van der Waals surface area contributed by atoms with Crippen LogP contribution in [0.3, 0.4) is 0 Å². The monoisotopic (exact) mass is 265 g/mol. The van der Waals surface area contributed by atoms with Crippen LogP contribution in [0, 0.1) is 5.41 Å². The number of methoxy groups -OCH3 is 1. The molecule has 0 heterocycles. The molecule has 1 N–H and O–H groups in total. The van der Waals surface area contributed by atoms with E-state index in [1.54, 1.807) is 7.11 Å². The number of ether oxygens (including phenoxy) is 1. The van der Waals surface area contributed by atoms with Crippen LogP contribution >= 0.6 is 11.8 Å². The van der Waals surface area contributed by atoms with E-state index in [2.05, 4.69) is 35.6 Å². The van der Waals surface area contributed by atoms with Crippen LogP contribution in [0.1, 0.15) is 19.3 Å². The minimum absolute atomic E-state index is 0.593. The van der Waals surface area contributed by atoms with Crippen LogP contribution in [0.5, 0.6) is 0 Å². The van der Waals surface area contributed by atoms with Crippen molar-refractivity contribution in [2.24, 2.45) is 5.41 Å². The van der Waals surface area contributed by atoms with Gasteiger partial charge in [-0.05, 0) is 42.6 Å². The topological polar surface area (TPSA) is 21.3 Å². The van der Waals surface area contributed by atoms with E-state index in [1.807, 2.05) is 11.8 Å². The molecule has 1 saturated carbocycles. The lowest BCUT2D eigenvalue weighted by Crippen LogP contribution is -2.27. The van der Waals surface area contributed by atoms with Gasteiger partial charge >= 0.3 is 0 Å². The summed E-state index contributed by atoms with van der Waals surface area (Å²) in [5.74, 6) is 1.23. The second-order valence-electron chi connectivity index (χ2n) is 5.08. The molecule has 0 unspecified atom stereocenters. The zero-order valence-corrected chi connectivity index (χ0v) is 12.0. The van der Waals surface area contributed by atoms with E-state index in [0.29, 0.717) is 5.41 Å². The van der Waals surface area contributed by atoms with Crippen LogP contribution in [-0.2, 0) is 4.74 Å². The molecule has 0 radical (unpaired) electrons. The lowest BCUT2D eigenvalue weighted by molar-refractivity contribution is 0.197. The third-order valence-electron chi connectivity index (χ3n) is 3.58. The van der Waals surface area contributed by atoms with Crippen molar-refractivity contribution in [2.45, 2.75) is 24.2 Å². The first-order chi connectivity index (χ1) is 8.85. The Balaban J connectivity index is 1.61. The summed E-state index contributed by atoms with van der Waals surface area (Å²) in [5.41, 5.74) is 0.593. The molecule has 1 fully saturated rings. The van der Waals surface area contributed by atoms with Crippen molar-refractivity contribution in [2.75, 3.05) is 32.6 Å². The van der Waals surface area contributed by atoms with Gasteiger partial charge in [0, 0.05) is 25.1 Å². The molecule has 0 atom stereocenters. The Labute approximate surface area is 114 Å². The van der Waals surface area contributed by atoms with E-state index in [1.165, 1.54) is 29.9 Å². The summed E-state index contributed by atoms with van der Waals surface area (Å²) in [5, 5.41) is 3.50. The van der Waals surface area contributed by atoms with Crippen LogP contribution in [0.25, 0.3) is 0 Å². The Bertz CT molecular complexity index is 338. The van der Waals surface area contributed by atoms with Gasteiger partial charge in [-0.25, -0.2) is 0 Å². The van der Waals surface area contributed by atoms with Crippen LogP contribution < -0.4 is 5.32 Å². The van der Waals surface area contributed by atoms with Gasteiger partial charge in [0.05, 0.1) is 6.61 Å². The number of hydrogen-bond donors (Lipinski definition) is 1. The van der Waals surface area contributed by atoms with Gasteiger partial charge in [0.2, 0.25) is 0 Å². The maximum Gasteiger partial charge on any atom is 0.0587 e. The van der Waals surface area contributed by atoms with Crippen LogP contribution in [-0.4, -0.2) is 32.6 Å². The second-order valence-corrected chi connectivity index (χ2v) is 6.25. The maximum absolute atomic E-state index is 5.05. The van der Waals surface area contributed by atoms with Crippen molar-refractivity contribution in [3.8, 4) is 0 Å². The number of rotatable bonds is 9. The van der Waals surface area contributed by atoms with Crippen molar-refractivity contribution >= 4 is 11.8 Å². The average Bonchev–Trinajstić information content (AvgIpc) is 3.17. The summed E-state index contributed by atoms with van der Waals surface area (Å²) in [6.07, 6.45) is 4.11. The highest BCUT2D eigenvalue weighted by Crippen LogP contribution is 2.49. The Morgan fingerprint density at radius 3 is 2.72 bits per heavy atom. The Morgan fingerprint density at radius 1 is 1.28 bits per heavy atom. The molecule has 1 aliphatic carbocycles. The van der Waals surface area contributed by atoms with Gasteiger partial charge in [0.15, 0.2) is 0 Å². The number of benzene rings is 1. The fraction of sp³-hybridized carbons (Fsp3) is 0.600. The van der Waals surface area contributed by atoms with Crippen molar-refractivity contribution in [3.05, 3.63) is 30.3 Å². The molecule has 1 aromatic rings. The van der Waals surface area contributed by atoms with Crippen LogP contribution in [0.2, 0.25) is 0 Å². The summed E-state index contributed by atoms with van der Waals surface area (Å²) in [6.45, 7) is 2.95.